The number of fused-ring (bicyclic) bond motifs is 1. The second kappa shape index (κ2) is 7.50. The van der Waals surface area contributed by atoms with E-state index in [0.717, 1.165) is 40.8 Å². The first-order chi connectivity index (χ1) is 9.26. The second-order valence-corrected chi connectivity index (χ2v) is 6.59. The van der Waals surface area contributed by atoms with E-state index in [1.807, 2.05) is 24.0 Å². The van der Waals surface area contributed by atoms with Gasteiger partial charge in [-0.1, -0.05) is 0 Å². The van der Waals surface area contributed by atoms with Crippen molar-refractivity contribution in [2.24, 2.45) is 0 Å². The number of halogens is 2. The molecule has 0 fully saturated rings. The zero-order valence-corrected chi connectivity index (χ0v) is 14.1. The van der Waals surface area contributed by atoms with Crippen LogP contribution in [0.1, 0.15) is 18.7 Å². The number of thioether (sulfide) groups is 1. The van der Waals surface area contributed by atoms with Crippen LogP contribution in [-0.4, -0.2) is 32.4 Å². The number of hydrogen-bond donors (Lipinski definition) is 0. The lowest BCUT2D eigenvalue weighted by Crippen LogP contribution is -2.06. The summed E-state index contributed by atoms with van der Waals surface area (Å²) in [6.45, 7) is 0.970. The predicted molar refractivity (Wildman–Crippen MR) is 87.3 cm³/mol. The quantitative estimate of drug-likeness (QED) is 0.548. The molecule has 0 unspecified atom stereocenters. The van der Waals surface area contributed by atoms with Crippen LogP contribution in [0.25, 0.3) is 11.2 Å². The van der Waals surface area contributed by atoms with Gasteiger partial charge in [-0.3, -0.25) is 0 Å². The fraction of sp³-hybridized carbons (Fsp3) is 0.538. The van der Waals surface area contributed by atoms with Gasteiger partial charge in [0.25, 0.3) is 0 Å². The molecule has 0 amide bonds. The van der Waals surface area contributed by atoms with Crippen LogP contribution in [-0.2, 0) is 13.0 Å². The third-order valence-electron chi connectivity index (χ3n) is 2.93. The summed E-state index contributed by atoms with van der Waals surface area (Å²) in [4.78, 5) is 9.13. The van der Waals surface area contributed by atoms with Crippen molar-refractivity contribution in [3.05, 3.63) is 22.6 Å². The maximum Gasteiger partial charge on any atom is 0.160 e. The van der Waals surface area contributed by atoms with Gasteiger partial charge in [0, 0.05) is 29.5 Å². The molecule has 2 aromatic rings. The van der Waals surface area contributed by atoms with E-state index in [9.17, 15) is 0 Å². The molecule has 0 bridgehead atoms. The highest BCUT2D eigenvalue weighted by Gasteiger charge is 2.11. The van der Waals surface area contributed by atoms with Crippen molar-refractivity contribution in [1.82, 2.24) is 14.5 Å². The van der Waals surface area contributed by atoms with Crippen molar-refractivity contribution in [2.45, 2.75) is 25.8 Å². The molecule has 0 spiro atoms. The Labute approximate surface area is 131 Å². The van der Waals surface area contributed by atoms with Gasteiger partial charge >= 0.3 is 0 Å². The van der Waals surface area contributed by atoms with Gasteiger partial charge in [0.15, 0.2) is 5.65 Å². The monoisotopic (exact) mass is 361 g/mol. The van der Waals surface area contributed by atoms with E-state index in [0.29, 0.717) is 5.88 Å². The zero-order chi connectivity index (χ0) is 13.7. The number of nitrogens with zero attached hydrogens (tertiary/aromatic N) is 3. The molecule has 6 heteroatoms. The standard InChI is InChI=1S/C13H17BrClN3S/c1-19-7-3-2-6-18-12(4-5-15)17-11-8-10(14)9-16-13(11)18/h8-9H,2-7H2,1H3. The molecule has 0 saturated heterocycles. The van der Waals surface area contributed by atoms with Crippen molar-refractivity contribution < 1.29 is 0 Å². The minimum atomic E-state index is 0.593. The average molecular weight is 363 g/mol. The molecule has 0 atom stereocenters. The Morgan fingerprint density at radius 3 is 3.00 bits per heavy atom. The summed E-state index contributed by atoms with van der Waals surface area (Å²) < 4.78 is 3.18. The van der Waals surface area contributed by atoms with E-state index in [1.165, 1.54) is 12.2 Å². The number of aromatic nitrogens is 3. The Balaban J connectivity index is 2.24. The van der Waals surface area contributed by atoms with Crippen LogP contribution in [0.15, 0.2) is 16.7 Å². The van der Waals surface area contributed by atoms with E-state index < -0.39 is 0 Å². The molecule has 0 aromatic carbocycles. The zero-order valence-electron chi connectivity index (χ0n) is 10.9. The van der Waals surface area contributed by atoms with E-state index in [-0.39, 0.29) is 0 Å². The molecule has 0 saturated carbocycles. The van der Waals surface area contributed by atoms with E-state index in [4.69, 9.17) is 11.6 Å². The van der Waals surface area contributed by atoms with Crippen molar-refractivity contribution in [3.8, 4) is 0 Å². The van der Waals surface area contributed by atoms with Crippen LogP contribution >= 0.6 is 39.3 Å². The van der Waals surface area contributed by atoms with E-state index in [1.54, 1.807) is 0 Å². The summed E-state index contributed by atoms with van der Waals surface area (Å²) in [5, 5.41) is 0. The van der Waals surface area contributed by atoms with Gasteiger partial charge in [-0.05, 0) is 46.8 Å². The van der Waals surface area contributed by atoms with Gasteiger partial charge in [0.05, 0.1) is 0 Å². The van der Waals surface area contributed by atoms with Gasteiger partial charge in [-0.25, -0.2) is 9.97 Å². The normalized spacial score (nSPS) is 11.3. The number of aryl methyl sites for hydroxylation is 2. The van der Waals surface area contributed by atoms with Crippen molar-refractivity contribution >= 4 is 50.5 Å². The molecule has 0 aliphatic carbocycles. The molecule has 0 N–H and O–H groups in total. The van der Waals surface area contributed by atoms with Crippen LogP contribution in [0, 0.1) is 0 Å². The lowest BCUT2D eigenvalue weighted by Gasteiger charge is -2.07. The third-order valence-corrected chi connectivity index (χ3v) is 4.25. The number of pyridine rings is 1. The molecule has 19 heavy (non-hydrogen) atoms. The highest BCUT2D eigenvalue weighted by molar-refractivity contribution is 9.10. The van der Waals surface area contributed by atoms with Gasteiger partial charge in [-0.2, -0.15) is 11.8 Å². The third kappa shape index (κ3) is 3.86. The van der Waals surface area contributed by atoms with E-state index in [2.05, 4.69) is 36.7 Å². The Morgan fingerprint density at radius 1 is 1.42 bits per heavy atom. The molecule has 0 aliphatic rings. The van der Waals surface area contributed by atoms with Crippen LogP contribution in [0.4, 0.5) is 0 Å². The van der Waals surface area contributed by atoms with Crippen molar-refractivity contribution in [3.63, 3.8) is 0 Å². The van der Waals surface area contributed by atoms with Crippen LogP contribution in [0.2, 0.25) is 0 Å². The Kier molecular flexibility index (Phi) is 5.98. The molecule has 2 rings (SSSR count). The van der Waals surface area contributed by atoms with Crippen LogP contribution in [0.3, 0.4) is 0 Å². The smallest absolute Gasteiger partial charge is 0.160 e. The Morgan fingerprint density at radius 2 is 2.26 bits per heavy atom. The topological polar surface area (TPSA) is 30.7 Å². The average Bonchev–Trinajstić information content (AvgIpc) is 2.72. The largest absolute Gasteiger partial charge is 0.313 e. The summed E-state index contributed by atoms with van der Waals surface area (Å²) in [5.41, 5.74) is 1.91. The minimum Gasteiger partial charge on any atom is -0.313 e. The fourth-order valence-electron chi connectivity index (χ4n) is 2.06. The number of unbranched alkanes of at least 4 members (excludes halogenated alkanes) is 1. The first-order valence-electron chi connectivity index (χ1n) is 6.32. The lowest BCUT2D eigenvalue weighted by molar-refractivity contribution is 0.619. The Bertz CT molecular complexity index is 544. The van der Waals surface area contributed by atoms with Gasteiger partial charge in [0.2, 0.25) is 0 Å². The summed E-state index contributed by atoms with van der Waals surface area (Å²) in [6, 6.07) is 2.01. The predicted octanol–water partition coefficient (Wildman–Crippen LogP) is 4.12. The molecular weight excluding hydrogens is 346 g/mol. The minimum absolute atomic E-state index is 0.593. The molecule has 2 heterocycles. The molecule has 3 nitrogen and oxygen atoms in total. The summed E-state index contributed by atoms with van der Waals surface area (Å²) in [6.07, 6.45) is 7.13. The molecule has 104 valence electrons. The molecule has 0 aliphatic heterocycles. The maximum absolute atomic E-state index is 5.86. The molecule has 0 radical (unpaired) electrons. The molecular formula is C13H17BrClN3S. The second-order valence-electron chi connectivity index (χ2n) is 4.31. The maximum atomic E-state index is 5.86. The Hall–Kier alpha value is -0.260. The van der Waals surface area contributed by atoms with Gasteiger partial charge < -0.3 is 4.57 Å². The first kappa shape index (κ1) is 15.1. The SMILES string of the molecule is CSCCCCn1c(CCCl)nc2cc(Br)cnc21. The van der Waals surface area contributed by atoms with Crippen molar-refractivity contribution in [2.75, 3.05) is 17.9 Å². The van der Waals surface area contributed by atoms with Gasteiger partial charge in [-0.15, -0.1) is 11.6 Å². The lowest BCUT2D eigenvalue weighted by atomic mass is 10.3. The molecule has 2 aromatic heterocycles. The fourth-order valence-corrected chi connectivity index (χ4v) is 3.04. The van der Waals surface area contributed by atoms with Crippen LogP contribution in [0.5, 0.6) is 0 Å². The summed E-state index contributed by atoms with van der Waals surface area (Å²) in [5.74, 6) is 2.84. The summed E-state index contributed by atoms with van der Waals surface area (Å²) in [7, 11) is 0. The van der Waals surface area contributed by atoms with E-state index >= 15 is 0 Å². The highest BCUT2D eigenvalue weighted by Crippen LogP contribution is 2.20. The number of rotatable bonds is 7. The highest BCUT2D eigenvalue weighted by atomic mass is 79.9. The van der Waals surface area contributed by atoms with Gasteiger partial charge in [0.1, 0.15) is 11.3 Å². The summed E-state index contributed by atoms with van der Waals surface area (Å²) >= 11 is 11.2. The van der Waals surface area contributed by atoms with Crippen LogP contribution < -0.4 is 0 Å². The number of imidazole rings is 1. The number of hydrogen-bond acceptors (Lipinski definition) is 3. The van der Waals surface area contributed by atoms with Crippen molar-refractivity contribution in [1.29, 1.82) is 0 Å². The number of alkyl halides is 1. The first-order valence-corrected chi connectivity index (χ1v) is 9.04.